The van der Waals surface area contributed by atoms with Gasteiger partial charge >= 0.3 is 0 Å². The first-order chi connectivity index (χ1) is 35.7. The van der Waals surface area contributed by atoms with E-state index in [-0.39, 0.29) is 5.91 Å². The fourth-order valence-corrected chi connectivity index (χ4v) is 9.87. The molecule has 0 saturated carbocycles. The van der Waals surface area contributed by atoms with Gasteiger partial charge in [-0.3, -0.25) is 4.79 Å². The number of para-hydroxylation sites is 1. The Morgan fingerprint density at radius 3 is 1.14 bits per heavy atom. The van der Waals surface area contributed by atoms with Gasteiger partial charge in [0.25, 0.3) is 5.91 Å². The number of benzene rings is 2. The fourth-order valence-electron chi connectivity index (χ4n) is 9.87. The average molecular weight is 997 g/mol. The molecule has 0 saturated heterocycles. The summed E-state index contributed by atoms with van der Waals surface area (Å²) in [5.41, 5.74) is 4.76. The van der Waals surface area contributed by atoms with Crippen LogP contribution in [0.1, 0.15) is 306 Å². The molecule has 0 aliphatic heterocycles. The highest BCUT2D eigenvalue weighted by Gasteiger charge is 2.19. The number of ether oxygens (including phenoxy) is 3. The lowest BCUT2D eigenvalue weighted by Gasteiger charge is -2.19. The summed E-state index contributed by atoms with van der Waals surface area (Å²) < 4.78 is 19.7. The number of hydrazone groups is 1. The maximum absolute atomic E-state index is 13.8. The van der Waals surface area contributed by atoms with Crippen LogP contribution in [0.3, 0.4) is 0 Å². The molecular formula is C65H109N3O4. The zero-order valence-electron chi connectivity index (χ0n) is 47.0. The molecule has 2 aromatic carbocycles. The second-order valence-electron chi connectivity index (χ2n) is 21.3. The van der Waals surface area contributed by atoms with Crippen LogP contribution in [-0.2, 0) is 0 Å². The second-order valence-corrected chi connectivity index (χ2v) is 21.3. The molecule has 0 spiro atoms. The minimum atomic E-state index is -0.326. The van der Waals surface area contributed by atoms with Crippen molar-refractivity contribution in [3.63, 3.8) is 0 Å². The van der Waals surface area contributed by atoms with Crippen molar-refractivity contribution in [1.29, 1.82) is 0 Å². The largest absolute Gasteiger partial charge is 0.490 e. The van der Waals surface area contributed by atoms with Crippen molar-refractivity contribution in [3.05, 3.63) is 59.8 Å². The highest BCUT2D eigenvalue weighted by atomic mass is 16.5. The summed E-state index contributed by atoms with van der Waals surface area (Å²) in [4.78, 5) is 18.5. The van der Waals surface area contributed by atoms with Gasteiger partial charge in [-0.05, 0) is 43.5 Å². The van der Waals surface area contributed by atoms with Gasteiger partial charge < -0.3 is 14.2 Å². The number of aromatic nitrogens is 1. The van der Waals surface area contributed by atoms with E-state index in [1.165, 1.54) is 231 Å². The average Bonchev–Trinajstić information content (AvgIpc) is 3.39. The number of hydrogen-bond donors (Lipinski definition) is 1. The molecule has 1 aromatic heterocycles. The van der Waals surface area contributed by atoms with E-state index in [9.17, 15) is 4.79 Å². The number of carbonyl (C=O) groups excluding carboxylic acids is 1. The van der Waals surface area contributed by atoms with Gasteiger partial charge in [-0.2, -0.15) is 5.10 Å². The Bertz CT molecular complexity index is 1690. The molecule has 7 heteroatoms. The summed E-state index contributed by atoms with van der Waals surface area (Å²) >= 11 is 0. The number of nitrogens with one attached hydrogen (secondary N) is 1. The zero-order chi connectivity index (χ0) is 51.0. The number of rotatable bonds is 51. The van der Waals surface area contributed by atoms with Gasteiger partial charge in [0, 0.05) is 10.9 Å². The maximum atomic E-state index is 13.8. The zero-order valence-corrected chi connectivity index (χ0v) is 47.0. The Kier molecular flexibility index (Phi) is 40.0. The van der Waals surface area contributed by atoms with E-state index in [2.05, 4.69) is 36.3 Å². The number of pyridine rings is 1. The third-order valence-electron chi connectivity index (χ3n) is 14.5. The molecule has 0 bridgehead atoms. The van der Waals surface area contributed by atoms with Crippen molar-refractivity contribution >= 4 is 23.0 Å². The predicted octanol–water partition coefficient (Wildman–Crippen LogP) is 20.6. The SMILES string of the molecule is CCCCCCCCCCCCCCCCOc1cc(C(=O)N/N=C/c2ccc3ccccc3n2)cc(OCCCCCCCCCCCCCCCC)c1OCCCCCCCCCCCCCCCC. The lowest BCUT2D eigenvalue weighted by Crippen LogP contribution is -2.18. The molecule has 3 rings (SSSR count). The third kappa shape index (κ3) is 32.5. The normalized spacial score (nSPS) is 11.5. The van der Waals surface area contributed by atoms with Gasteiger partial charge in [0.05, 0.1) is 37.2 Å². The monoisotopic (exact) mass is 996 g/mol. The first-order valence-electron chi connectivity index (χ1n) is 30.9. The van der Waals surface area contributed by atoms with Gasteiger partial charge in [-0.15, -0.1) is 0 Å². The number of nitrogens with zero attached hydrogens (tertiary/aromatic N) is 2. The Morgan fingerprint density at radius 1 is 0.431 bits per heavy atom. The van der Waals surface area contributed by atoms with Crippen LogP contribution < -0.4 is 19.6 Å². The Morgan fingerprint density at radius 2 is 0.764 bits per heavy atom. The maximum Gasteiger partial charge on any atom is 0.271 e. The first kappa shape index (κ1) is 62.7. The first-order valence-corrected chi connectivity index (χ1v) is 30.9. The van der Waals surface area contributed by atoms with Crippen molar-refractivity contribution in [2.24, 2.45) is 5.10 Å². The van der Waals surface area contributed by atoms with E-state index < -0.39 is 0 Å². The smallest absolute Gasteiger partial charge is 0.271 e. The van der Waals surface area contributed by atoms with Crippen molar-refractivity contribution in [3.8, 4) is 17.2 Å². The van der Waals surface area contributed by atoms with Crippen LogP contribution in [0.15, 0.2) is 53.6 Å². The molecule has 7 nitrogen and oxygen atoms in total. The minimum absolute atomic E-state index is 0.326. The molecule has 0 aliphatic carbocycles. The molecule has 1 N–H and O–H groups in total. The Hall–Kier alpha value is -3.61. The number of fused-ring (bicyclic) bond motifs is 1. The van der Waals surface area contributed by atoms with Gasteiger partial charge in [-0.1, -0.05) is 295 Å². The van der Waals surface area contributed by atoms with E-state index in [0.717, 1.165) is 49.4 Å². The highest BCUT2D eigenvalue weighted by Crippen LogP contribution is 2.40. The van der Waals surface area contributed by atoms with Crippen molar-refractivity contribution in [1.82, 2.24) is 10.4 Å². The van der Waals surface area contributed by atoms with E-state index in [0.29, 0.717) is 48.3 Å². The molecule has 1 amide bonds. The van der Waals surface area contributed by atoms with Crippen molar-refractivity contribution in [2.45, 2.75) is 290 Å². The highest BCUT2D eigenvalue weighted by molar-refractivity contribution is 5.96. The van der Waals surface area contributed by atoms with Crippen LogP contribution in [0.4, 0.5) is 0 Å². The van der Waals surface area contributed by atoms with Crippen LogP contribution in [0.25, 0.3) is 10.9 Å². The summed E-state index contributed by atoms with van der Waals surface area (Å²) in [5.74, 6) is 1.46. The lowest BCUT2D eigenvalue weighted by atomic mass is 10.0. The van der Waals surface area contributed by atoms with Crippen LogP contribution in [0.2, 0.25) is 0 Å². The van der Waals surface area contributed by atoms with E-state index in [1.807, 2.05) is 48.5 Å². The third-order valence-corrected chi connectivity index (χ3v) is 14.5. The number of amides is 1. The molecule has 0 atom stereocenters. The summed E-state index contributed by atoms with van der Waals surface area (Å²) in [7, 11) is 0. The molecule has 1 heterocycles. The lowest BCUT2D eigenvalue weighted by molar-refractivity contribution is 0.0953. The molecule has 0 aliphatic rings. The molecule has 0 fully saturated rings. The molecular weight excluding hydrogens is 887 g/mol. The summed E-state index contributed by atoms with van der Waals surface area (Å²) in [6.07, 6.45) is 56.8. The summed E-state index contributed by atoms with van der Waals surface area (Å²) in [5, 5.41) is 5.38. The minimum Gasteiger partial charge on any atom is -0.490 e. The number of unbranched alkanes of at least 4 members (excludes halogenated alkanes) is 39. The van der Waals surface area contributed by atoms with E-state index in [1.54, 1.807) is 6.21 Å². The van der Waals surface area contributed by atoms with Crippen LogP contribution in [0, 0.1) is 0 Å². The quantitative estimate of drug-likeness (QED) is 0.0346. The summed E-state index contributed by atoms with van der Waals surface area (Å²) in [6.45, 7) is 8.61. The molecule has 408 valence electrons. The standard InChI is InChI=1S/C65H109N3O4/c1-4-7-10-13-16-19-22-25-28-31-34-37-40-45-52-70-62-55-59(65(69)68-66-57-60-51-50-58-48-43-44-49-61(58)67-60)56-63(71-53-46-41-38-35-32-29-26-23-20-17-14-11-8-5-2)64(62)72-54-47-42-39-36-33-30-27-24-21-18-15-12-9-6-3/h43-44,48-51,55-57H,4-42,45-47,52-54H2,1-3H3,(H,68,69)/b66-57+. The van der Waals surface area contributed by atoms with Crippen LogP contribution >= 0.6 is 0 Å². The van der Waals surface area contributed by atoms with Gasteiger partial charge in [0.15, 0.2) is 11.5 Å². The Balaban J connectivity index is 1.57. The molecule has 0 unspecified atom stereocenters. The number of carbonyl (C=O) groups is 1. The van der Waals surface area contributed by atoms with Gasteiger partial charge in [0.2, 0.25) is 5.75 Å². The molecule has 0 radical (unpaired) electrons. The van der Waals surface area contributed by atoms with E-state index in [4.69, 9.17) is 14.2 Å². The van der Waals surface area contributed by atoms with Gasteiger partial charge in [0.1, 0.15) is 0 Å². The Labute approximate surface area is 443 Å². The van der Waals surface area contributed by atoms with Crippen molar-refractivity contribution < 1.29 is 19.0 Å². The predicted molar refractivity (Wildman–Crippen MR) is 311 cm³/mol. The van der Waals surface area contributed by atoms with Gasteiger partial charge in [-0.25, -0.2) is 10.4 Å². The van der Waals surface area contributed by atoms with E-state index >= 15 is 0 Å². The second kappa shape index (κ2) is 46.0. The molecule has 72 heavy (non-hydrogen) atoms. The molecule has 3 aromatic rings. The topological polar surface area (TPSA) is 82.0 Å². The summed E-state index contributed by atoms with van der Waals surface area (Å²) in [6, 6.07) is 15.6. The number of hydrogen-bond acceptors (Lipinski definition) is 6. The fraction of sp³-hybridized carbons (Fsp3) is 0.738. The van der Waals surface area contributed by atoms with Crippen LogP contribution in [-0.4, -0.2) is 36.9 Å². The van der Waals surface area contributed by atoms with Crippen LogP contribution in [0.5, 0.6) is 17.2 Å². The van der Waals surface area contributed by atoms with Crippen molar-refractivity contribution in [2.75, 3.05) is 19.8 Å².